The van der Waals surface area contributed by atoms with Crippen LogP contribution in [0.1, 0.15) is 25.6 Å². The molecule has 2 aromatic rings. The van der Waals surface area contributed by atoms with Crippen molar-refractivity contribution in [3.05, 3.63) is 29.8 Å². The van der Waals surface area contributed by atoms with Gasteiger partial charge in [0, 0.05) is 13.0 Å². The van der Waals surface area contributed by atoms with Gasteiger partial charge in [-0.3, -0.25) is 0 Å². The van der Waals surface area contributed by atoms with E-state index in [0.717, 1.165) is 50.2 Å². The molecule has 0 atom stereocenters. The first-order valence-corrected chi connectivity index (χ1v) is 7.75. The number of aryl methyl sites for hydroxylation is 1. The van der Waals surface area contributed by atoms with E-state index in [1.54, 1.807) is 6.07 Å². The molecule has 1 N–H and O–H groups in total. The highest BCUT2D eigenvalue weighted by atomic mass is 19.1. The summed E-state index contributed by atoms with van der Waals surface area (Å²) >= 11 is 0. The van der Waals surface area contributed by atoms with Gasteiger partial charge >= 0.3 is 0 Å². The number of benzene rings is 1. The van der Waals surface area contributed by atoms with Crippen molar-refractivity contribution in [2.75, 3.05) is 19.7 Å². The molecule has 1 aliphatic heterocycles. The highest BCUT2D eigenvalue weighted by Gasteiger charge is 2.15. The lowest BCUT2D eigenvalue weighted by atomic mass is 10.1. The highest BCUT2D eigenvalue weighted by molar-refractivity contribution is 5.76. The van der Waals surface area contributed by atoms with Crippen LogP contribution in [0.2, 0.25) is 0 Å². The maximum absolute atomic E-state index is 13.8. The van der Waals surface area contributed by atoms with Gasteiger partial charge in [0.15, 0.2) is 5.82 Å². The minimum absolute atomic E-state index is 0.250. The van der Waals surface area contributed by atoms with Gasteiger partial charge in [-0.15, -0.1) is 0 Å². The van der Waals surface area contributed by atoms with Crippen molar-refractivity contribution in [3.63, 3.8) is 0 Å². The van der Waals surface area contributed by atoms with Crippen LogP contribution in [0.4, 0.5) is 4.39 Å². The molecule has 1 fully saturated rings. The van der Waals surface area contributed by atoms with Crippen LogP contribution in [-0.2, 0) is 17.7 Å². The van der Waals surface area contributed by atoms with Crippen LogP contribution in [0, 0.1) is 5.82 Å². The molecule has 4 nitrogen and oxygen atoms in total. The van der Waals surface area contributed by atoms with Crippen LogP contribution in [0.15, 0.2) is 18.2 Å². The summed E-state index contributed by atoms with van der Waals surface area (Å²) in [7, 11) is 0. The maximum atomic E-state index is 13.8. The van der Waals surface area contributed by atoms with Crippen LogP contribution >= 0.6 is 0 Å². The van der Waals surface area contributed by atoms with Crippen LogP contribution in [0.5, 0.6) is 0 Å². The fourth-order valence-electron chi connectivity index (χ4n) is 2.98. The number of nitrogens with one attached hydrogen (secondary N) is 1. The van der Waals surface area contributed by atoms with E-state index in [1.807, 2.05) is 6.07 Å². The van der Waals surface area contributed by atoms with Crippen molar-refractivity contribution in [1.82, 2.24) is 14.9 Å². The molecule has 114 valence electrons. The zero-order chi connectivity index (χ0) is 14.7. The predicted octanol–water partition coefficient (Wildman–Crippen LogP) is 2.51. The second-order valence-corrected chi connectivity index (χ2v) is 5.45. The third-order valence-corrected chi connectivity index (χ3v) is 4.09. The maximum Gasteiger partial charge on any atom is 0.151 e. The van der Waals surface area contributed by atoms with Crippen molar-refractivity contribution < 1.29 is 9.13 Å². The minimum atomic E-state index is -0.250. The van der Waals surface area contributed by atoms with Crippen LogP contribution < -0.4 is 5.32 Å². The number of hydrogen-bond donors (Lipinski definition) is 1. The van der Waals surface area contributed by atoms with Crippen molar-refractivity contribution in [2.24, 2.45) is 0 Å². The normalized spacial score (nSPS) is 16.7. The van der Waals surface area contributed by atoms with Gasteiger partial charge in [0.05, 0.1) is 18.2 Å². The molecule has 0 saturated carbocycles. The standard InChI is InChI=1S/C16H22FN3O/c1-2-20-14-5-3-4-13(17)16(14)19-15(20)8-11-21-12-6-9-18-10-7-12/h3-5,12,18H,2,6-11H2,1H3. The Morgan fingerprint density at radius 2 is 2.19 bits per heavy atom. The lowest BCUT2D eigenvalue weighted by Crippen LogP contribution is -2.32. The van der Waals surface area contributed by atoms with E-state index in [4.69, 9.17) is 4.74 Å². The Balaban J connectivity index is 1.69. The summed E-state index contributed by atoms with van der Waals surface area (Å²) < 4.78 is 21.8. The summed E-state index contributed by atoms with van der Waals surface area (Å²) in [5.74, 6) is 0.659. The molecule has 0 amide bonds. The predicted molar refractivity (Wildman–Crippen MR) is 80.9 cm³/mol. The number of piperidine rings is 1. The first-order valence-electron chi connectivity index (χ1n) is 7.75. The van der Waals surface area contributed by atoms with E-state index in [2.05, 4.69) is 21.8 Å². The second kappa shape index (κ2) is 6.54. The Kier molecular flexibility index (Phi) is 4.51. The van der Waals surface area contributed by atoms with Crippen molar-refractivity contribution in [1.29, 1.82) is 0 Å². The summed E-state index contributed by atoms with van der Waals surface area (Å²) in [6.45, 7) is 5.56. The summed E-state index contributed by atoms with van der Waals surface area (Å²) in [5, 5.41) is 3.33. The Morgan fingerprint density at radius 3 is 2.95 bits per heavy atom. The molecule has 1 aromatic heterocycles. The quantitative estimate of drug-likeness (QED) is 0.920. The van der Waals surface area contributed by atoms with Crippen LogP contribution in [-0.4, -0.2) is 35.4 Å². The average molecular weight is 291 g/mol. The number of imidazole rings is 1. The third kappa shape index (κ3) is 3.09. The van der Waals surface area contributed by atoms with Gasteiger partial charge < -0.3 is 14.6 Å². The van der Waals surface area contributed by atoms with Gasteiger partial charge in [0.2, 0.25) is 0 Å². The first kappa shape index (κ1) is 14.5. The first-order chi connectivity index (χ1) is 10.3. The molecular weight excluding hydrogens is 269 g/mol. The molecular formula is C16H22FN3O. The minimum Gasteiger partial charge on any atom is -0.378 e. The number of nitrogens with zero attached hydrogens (tertiary/aromatic N) is 2. The van der Waals surface area contributed by atoms with Gasteiger partial charge in [-0.2, -0.15) is 0 Å². The molecule has 0 spiro atoms. The molecule has 5 heteroatoms. The molecule has 0 bridgehead atoms. The number of ether oxygens (including phenoxy) is 1. The second-order valence-electron chi connectivity index (χ2n) is 5.45. The number of para-hydroxylation sites is 1. The number of aromatic nitrogens is 2. The summed E-state index contributed by atoms with van der Waals surface area (Å²) in [6, 6.07) is 5.12. The van der Waals surface area contributed by atoms with E-state index in [-0.39, 0.29) is 5.82 Å². The number of rotatable bonds is 5. The Bertz CT molecular complexity index is 605. The zero-order valence-electron chi connectivity index (χ0n) is 12.4. The van der Waals surface area contributed by atoms with E-state index in [1.165, 1.54) is 6.07 Å². The van der Waals surface area contributed by atoms with Gasteiger partial charge in [-0.05, 0) is 45.0 Å². The lowest BCUT2D eigenvalue weighted by Gasteiger charge is -2.22. The van der Waals surface area contributed by atoms with E-state index in [0.29, 0.717) is 18.2 Å². The topological polar surface area (TPSA) is 39.1 Å². The van der Waals surface area contributed by atoms with Gasteiger partial charge in [0.1, 0.15) is 11.3 Å². The molecule has 1 aliphatic rings. The molecule has 0 aliphatic carbocycles. The highest BCUT2D eigenvalue weighted by Crippen LogP contribution is 2.19. The number of fused-ring (bicyclic) bond motifs is 1. The largest absolute Gasteiger partial charge is 0.378 e. The average Bonchev–Trinajstić information content (AvgIpc) is 2.87. The fraction of sp³-hybridized carbons (Fsp3) is 0.562. The molecule has 1 saturated heterocycles. The Labute approximate surface area is 124 Å². The monoisotopic (exact) mass is 291 g/mol. The van der Waals surface area contributed by atoms with Crippen molar-refractivity contribution >= 4 is 11.0 Å². The summed E-state index contributed by atoms with van der Waals surface area (Å²) in [6.07, 6.45) is 3.21. The van der Waals surface area contributed by atoms with Gasteiger partial charge in [-0.25, -0.2) is 9.37 Å². The molecule has 21 heavy (non-hydrogen) atoms. The molecule has 1 aromatic carbocycles. The lowest BCUT2D eigenvalue weighted by molar-refractivity contribution is 0.0340. The molecule has 2 heterocycles. The SMILES string of the molecule is CCn1c(CCOC2CCNCC2)nc2c(F)cccc21. The van der Waals surface area contributed by atoms with E-state index < -0.39 is 0 Å². The molecule has 3 rings (SSSR count). The molecule has 0 unspecified atom stereocenters. The summed E-state index contributed by atoms with van der Waals surface area (Å²) in [4.78, 5) is 4.46. The zero-order valence-corrected chi connectivity index (χ0v) is 12.4. The van der Waals surface area contributed by atoms with E-state index >= 15 is 0 Å². The van der Waals surface area contributed by atoms with Gasteiger partial charge in [0.25, 0.3) is 0 Å². The van der Waals surface area contributed by atoms with Gasteiger partial charge in [-0.1, -0.05) is 6.07 Å². The van der Waals surface area contributed by atoms with Crippen molar-refractivity contribution in [3.8, 4) is 0 Å². The summed E-state index contributed by atoms with van der Waals surface area (Å²) in [5.41, 5.74) is 1.34. The van der Waals surface area contributed by atoms with Crippen LogP contribution in [0.3, 0.4) is 0 Å². The smallest absolute Gasteiger partial charge is 0.151 e. The number of hydrogen-bond acceptors (Lipinski definition) is 3. The number of halogens is 1. The third-order valence-electron chi connectivity index (χ3n) is 4.09. The van der Waals surface area contributed by atoms with Crippen LogP contribution in [0.25, 0.3) is 11.0 Å². The van der Waals surface area contributed by atoms with E-state index in [9.17, 15) is 4.39 Å². The molecule has 0 radical (unpaired) electrons. The fourth-order valence-corrected chi connectivity index (χ4v) is 2.98. The Morgan fingerprint density at radius 1 is 1.38 bits per heavy atom. The Hall–Kier alpha value is -1.46. The van der Waals surface area contributed by atoms with Crippen molar-refractivity contribution in [2.45, 2.75) is 38.8 Å².